The van der Waals surface area contributed by atoms with E-state index in [1.807, 2.05) is 6.07 Å². The summed E-state index contributed by atoms with van der Waals surface area (Å²) in [6.07, 6.45) is 2.13. The van der Waals surface area contributed by atoms with Gasteiger partial charge in [0.2, 0.25) is 0 Å². The number of ether oxygens (including phenoxy) is 1. The summed E-state index contributed by atoms with van der Waals surface area (Å²) in [5.74, 6) is -1.05. The lowest BCUT2D eigenvalue weighted by Gasteiger charge is -2.36. The van der Waals surface area contributed by atoms with Crippen LogP contribution in [-0.2, 0) is 9.53 Å². The van der Waals surface area contributed by atoms with Gasteiger partial charge in [0, 0.05) is 19.1 Å². The number of carbonyl (C=O) groups excluding carboxylic acids is 1. The molecule has 1 aliphatic carbocycles. The lowest BCUT2D eigenvalue weighted by atomic mass is 10.2. The quantitative estimate of drug-likeness (QED) is 0.789. The predicted octanol–water partition coefficient (Wildman–Crippen LogP) is 0.270. The second-order valence-corrected chi connectivity index (χ2v) is 4.74. The number of carbonyl (C=O) groups is 2. The van der Waals surface area contributed by atoms with Crippen molar-refractivity contribution in [3.05, 3.63) is 0 Å². The maximum atomic E-state index is 12.4. The molecule has 1 unspecified atom stereocenters. The van der Waals surface area contributed by atoms with Gasteiger partial charge >= 0.3 is 12.0 Å². The highest BCUT2D eigenvalue weighted by molar-refractivity contribution is 5.83. The van der Waals surface area contributed by atoms with Crippen molar-refractivity contribution >= 4 is 12.0 Å². The predicted molar refractivity (Wildman–Crippen MR) is 64.3 cm³/mol. The summed E-state index contributed by atoms with van der Waals surface area (Å²) in [7, 11) is 0. The van der Waals surface area contributed by atoms with Crippen molar-refractivity contribution in [2.24, 2.45) is 0 Å². The molecular formula is C12H17N3O4. The first kappa shape index (κ1) is 13.6. The fourth-order valence-corrected chi connectivity index (χ4v) is 2.19. The zero-order chi connectivity index (χ0) is 13.8. The van der Waals surface area contributed by atoms with E-state index in [4.69, 9.17) is 15.1 Å². The second-order valence-electron chi connectivity index (χ2n) is 4.74. The minimum absolute atomic E-state index is 0.0256. The molecule has 0 bridgehead atoms. The smallest absolute Gasteiger partial charge is 0.328 e. The normalized spacial score (nSPS) is 22.7. The summed E-state index contributed by atoms with van der Waals surface area (Å²) in [4.78, 5) is 26.5. The van der Waals surface area contributed by atoms with Gasteiger partial charge in [0.15, 0.2) is 6.04 Å². The fraction of sp³-hybridized carbons (Fsp3) is 0.750. The number of carboxylic acids is 1. The monoisotopic (exact) mass is 267 g/mol. The average molecular weight is 267 g/mol. The Morgan fingerprint density at radius 3 is 2.79 bits per heavy atom. The number of rotatable bonds is 4. The molecule has 1 aliphatic heterocycles. The number of morpholine rings is 1. The summed E-state index contributed by atoms with van der Waals surface area (Å²) in [6, 6.07) is 0.974. The lowest BCUT2D eigenvalue weighted by Crippen LogP contribution is -2.57. The van der Waals surface area contributed by atoms with Gasteiger partial charge in [0.05, 0.1) is 25.7 Å². The molecule has 0 spiro atoms. The first-order valence-corrected chi connectivity index (χ1v) is 6.40. The highest BCUT2D eigenvalue weighted by Crippen LogP contribution is 2.28. The minimum Gasteiger partial charge on any atom is -0.480 e. The van der Waals surface area contributed by atoms with Crippen LogP contribution in [0.25, 0.3) is 0 Å². The highest BCUT2D eigenvalue weighted by atomic mass is 16.5. The van der Waals surface area contributed by atoms with Gasteiger partial charge in [0.1, 0.15) is 0 Å². The van der Waals surface area contributed by atoms with E-state index < -0.39 is 12.0 Å². The van der Waals surface area contributed by atoms with E-state index in [-0.39, 0.29) is 31.6 Å². The van der Waals surface area contributed by atoms with E-state index in [0.29, 0.717) is 13.2 Å². The number of urea groups is 1. The molecule has 1 N–H and O–H groups in total. The zero-order valence-electron chi connectivity index (χ0n) is 10.6. The van der Waals surface area contributed by atoms with Crippen molar-refractivity contribution in [3.63, 3.8) is 0 Å². The summed E-state index contributed by atoms with van der Waals surface area (Å²) >= 11 is 0. The van der Waals surface area contributed by atoms with Crippen molar-refractivity contribution < 1.29 is 19.4 Å². The van der Waals surface area contributed by atoms with Gasteiger partial charge < -0.3 is 19.6 Å². The van der Waals surface area contributed by atoms with Crippen molar-refractivity contribution in [1.82, 2.24) is 9.80 Å². The fourth-order valence-electron chi connectivity index (χ4n) is 2.19. The van der Waals surface area contributed by atoms with Crippen LogP contribution in [0.4, 0.5) is 4.79 Å². The Labute approximate surface area is 111 Å². The Balaban J connectivity index is 2.06. The molecular weight excluding hydrogens is 250 g/mol. The van der Waals surface area contributed by atoms with Crippen molar-refractivity contribution in [1.29, 1.82) is 5.26 Å². The Bertz CT molecular complexity index is 402. The van der Waals surface area contributed by atoms with Crippen molar-refractivity contribution in [3.8, 4) is 6.07 Å². The molecule has 2 aliphatic rings. The van der Waals surface area contributed by atoms with Gasteiger partial charge in [-0.1, -0.05) is 0 Å². The Morgan fingerprint density at radius 2 is 2.21 bits per heavy atom. The molecule has 1 heterocycles. The second kappa shape index (κ2) is 5.89. The minimum atomic E-state index is -1.05. The molecule has 1 saturated heterocycles. The summed E-state index contributed by atoms with van der Waals surface area (Å²) in [5.41, 5.74) is 0. The molecule has 7 heteroatoms. The van der Waals surface area contributed by atoms with Crippen molar-refractivity contribution in [2.45, 2.75) is 31.3 Å². The van der Waals surface area contributed by atoms with Gasteiger partial charge in [-0.15, -0.1) is 0 Å². The maximum Gasteiger partial charge on any atom is 0.328 e. The standard InChI is InChI=1S/C12H17N3O4/c13-4-1-5-14(9-2-3-9)12(18)15-6-7-19-8-10(15)11(16)17/h9-10H,1-3,5-8H2,(H,16,17). The lowest BCUT2D eigenvalue weighted by molar-refractivity contribution is -0.147. The van der Waals surface area contributed by atoms with E-state index >= 15 is 0 Å². The van der Waals surface area contributed by atoms with Gasteiger partial charge in [-0.05, 0) is 12.8 Å². The topological polar surface area (TPSA) is 93.9 Å². The molecule has 2 fully saturated rings. The Kier molecular flexibility index (Phi) is 4.22. The molecule has 0 aromatic heterocycles. The molecule has 0 aromatic rings. The van der Waals surface area contributed by atoms with Crippen LogP contribution in [0.3, 0.4) is 0 Å². The molecule has 2 amide bonds. The Morgan fingerprint density at radius 1 is 1.47 bits per heavy atom. The van der Waals surface area contributed by atoms with Gasteiger partial charge in [-0.25, -0.2) is 9.59 Å². The van der Waals surface area contributed by atoms with Crippen LogP contribution in [0.15, 0.2) is 0 Å². The third kappa shape index (κ3) is 3.15. The van der Waals surface area contributed by atoms with Crippen LogP contribution in [0.1, 0.15) is 19.3 Å². The van der Waals surface area contributed by atoms with E-state index in [2.05, 4.69) is 0 Å². The first-order chi connectivity index (χ1) is 9.15. The van der Waals surface area contributed by atoms with Crippen LogP contribution in [0.2, 0.25) is 0 Å². The zero-order valence-corrected chi connectivity index (χ0v) is 10.6. The highest BCUT2D eigenvalue weighted by Gasteiger charge is 2.39. The molecule has 1 saturated carbocycles. The van der Waals surface area contributed by atoms with E-state index in [9.17, 15) is 9.59 Å². The van der Waals surface area contributed by atoms with E-state index in [1.165, 1.54) is 4.90 Å². The molecule has 7 nitrogen and oxygen atoms in total. The van der Waals surface area contributed by atoms with E-state index in [0.717, 1.165) is 12.8 Å². The third-order valence-electron chi connectivity index (χ3n) is 3.36. The third-order valence-corrected chi connectivity index (χ3v) is 3.36. The first-order valence-electron chi connectivity index (χ1n) is 6.40. The number of carboxylic acid groups (broad SMARTS) is 1. The van der Waals surface area contributed by atoms with Crippen LogP contribution >= 0.6 is 0 Å². The molecule has 19 heavy (non-hydrogen) atoms. The van der Waals surface area contributed by atoms with Crippen LogP contribution in [0.5, 0.6) is 0 Å². The van der Waals surface area contributed by atoms with E-state index in [1.54, 1.807) is 4.90 Å². The molecule has 104 valence electrons. The van der Waals surface area contributed by atoms with Crippen molar-refractivity contribution in [2.75, 3.05) is 26.3 Å². The van der Waals surface area contributed by atoms with Crippen LogP contribution in [-0.4, -0.2) is 65.3 Å². The molecule has 0 radical (unpaired) electrons. The number of nitriles is 1. The van der Waals surface area contributed by atoms with Gasteiger partial charge in [-0.3, -0.25) is 0 Å². The number of aliphatic carboxylic acids is 1. The van der Waals surface area contributed by atoms with Crippen LogP contribution in [0, 0.1) is 11.3 Å². The summed E-state index contributed by atoms with van der Waals surface area (Å²) in [5, 5.41) is 17.8. The largest absolute Gasteiger partial charge is 0.480 e. The summed E-state index contributed by atoms with van der Waals surface area (Å²) in [6.45, 7) is 1.03. The molecule has 1 atom stereocenters. The number of nitrogens with zero attached hydrogens (tertiary/aromatic N) is 3. The Hall–Kier alpha value is -1.81. The SMILES string of the molecule is N#CCCN(C(=O)N1CCOCC1C(=O)O)C1CC1. The summed E-state index contributed by atoms with van der Waals surface area (Å²) < 4.78 is 5.12. The average Bonchev–Trinajstić information content (AvgIpc) is 3.23. The van der Waals surface area contributed by atoms with Gasteiger partial charge in [0.25, 0.3) is 0 Å². The molecule has 0 aromatic carbocycles. The van der Waals surface area contributed by atoms with Crippen LogP contribution < -0.4 is 0 Å². The number of amides is 2. The number of hydrogen-bond acceptors (Lipinski definition) is 4. The number of hydrogen-bond donors (Lipinski definition) is 1. The maximum absolute atomic E-state index is 12.4. The van der Waals surface area contributed by atoms with Gasteiger partial charge in [-0.2, -0.15) is 5.26 Å². The molecule has 2 rings (SSSR count).